The molecule has 0 unspecified atom stereocenters. The van der Waals surface area contributed by atoms with Crippen molar-refractivity contribution in [3.8, 4) is 0 Å². The van der Waals surface area contributed by atoms with Gasteiger partial charge < -0.3 is 5.11 Å². The summed E-state index contributed by atoms with van der Waals surface area (Å²) in [7, 11) is 0. The van der Waals surface area contributed by atoms with Gasteiger partial charge in [-0.3, -0.25) is 14.3 Å². The van der Waals surface area contributed by atoms with Gasteiger partial charge in [0.25, 0.3) is 5.56 Å². The summed E-state index contributed by atoms with van der Waals surface area (Å²) in [4.78, 5) is 39.0. The number of halogens is 2. The highest BCUT2D eigenvalue weighted by Crippen LogP contribution is 2.37. The van der Waals surface area contributed by atoms with Crippen LogP contribution in [0.5, 0.6) is 0 Å². The Morgan fingerprint density at radius 3 is 2.69 bits per heavy atom. The number of fused-ring (bicyclic) bond motifs is 1. The zero-order valence-electron chi connectivity index (χ0n) is 13.8. The first-order valence-corrected chi connectivity index (χ1v) is 8.87. The molecule has 0 aliphatic heterocycles. The first kappa shape index (κ1) is 18.3. The number of aromatic amines is 1. The van der Waals surface area contributed by atoms with Gasteiger partial charge in [0, 0.05) is 4.88 Å². The van der Waals surface area contributed by atoms with Crippen LogP contribution in [0.4, 0.5) is 4.39 Å². The van der Waals surface area contributed by atoms with Crippen molar-refractivity contribution in [2.75, 3.05) is 0 Å². The third kappa shape index (κ3) is 3.06. The molecule has 2 N–H and O–H groups in total. The molecule has 3 aromatic rings. The fourth-order valence-corrected chi connectivity index (χ4v) is 4.41. The van der Waals surface area contributed by atoms with Crippen LogP contribution in [-0.4, -0.2) is 20.6 Å². The maximum absolute atomic E-state index is 13.6. The molecule has 9 heteroatoms. The summed E-state index contributed by atoms with van der Waals surface area (Å²) in [6.07, 6.45) is 0. The smallest absolute Gasteiger partial charge is 0.338 e. The van der Waals surface area contributed by atoms with Gasteiger partial charge in [0.05, 0.1) is 22.5 Å². The molecule has 0 saturated carbocycles. The van der Waals surface area contributed by atoms with E-state index in [0.717, 1.165) is 10.9 Å². The van der Waals surface area contributed by atoms with E-state index in [2.05, 4.69) is 4.98 Å². The molecule has 0 amide bonds. The molecule has 1 aromatic carbocycles. The van der Waals surface area contributed by atoms with E-state index in [1.165, 1.54) is 28.0 Å². The SMILES string of the molecule is CC(C)c1sc2c(c1Cl)c(=O)[nH]c(=O)n2Cc1ccc(F)c(C(=O)O)c1. The Labute approximate surface area is 155 Å². The van der Waals surface area contributed by atoms with Gasteiger partial charge in [0.1, 0.15) is 10.6 Å². The minimum absolute atomic E-state index is 0.0267. The van der Waals surface area contributed by atoms with E-state index in [9.17, 15) is 18.8 Å². The van der Waals surface area contributed by atoms with Crippen LogP contribution in [0.1, 0.15) is 40.6 Å². The summed E-state index contributed by atoms with van der Waals surface area (Å²) in [5, 5.41) is 9.58. The Morgan fingerprint density at radius 1 is 1.38 bits per heavy atom. The van der Waals surface area contributed by atoms with Crippen LogP contribution in [0.2, 0.25) is 5.02 Å². The van der Waals surface area contributed by atoms with Crippen molar-refractivity contribution < 1.29 is 14.3 Å². The van der Waals surface area contributed by atoms with Crippen molar-refractivity contribution in [3.63, 3.8) is 0 Å². The number of carboxylic acid groups (broad SMARTS) is 1. The quantitative estimate of drug-likeness (QED) is 0.706. The molecule has 2 heterocycles. The van der Waals surface area contributed by atoms with Crippen molar-refractivity contribution >= 4 is 39.1 Å². The molecule has 3 rings (SSSR count). The van der Waals surface area contributed by atoms with Crippen LogP contribution in [0.25, 0.3) is 10.2 Å². The molecular weight excluding hydrogens is 383 g/mol. The van der Waals surface area contributed by atoms with Gasteiger partial charge >= 0.3 is 11.7 Å². The number of nitrogens with zero attached hydrogens (tertiary/aromatic N) is 1. The number of benzene rings is 1. The molecule has 6 nitrogen and oxygen atoms in total. The van der Waals surface area contributed by atoms with Crippen LogP contribution in [0.15, 0.2) is 27.8 Å². The van der Waals surface area contributed by atoms with E-state index in [4.69, 9.17) is 16.7 Å². The summed E-state index contributed by atoms with van der Waals surface area (Å²) in [5.41, 5.74) is -1.28. The van der Waals surface area contributed by atoms with Crippen molar-refractivity contribution in [1.29, 1.82) is 0 Å². The molecule has 26 heavy (non-hydrogen) atoms. The minimum Gasteiger partial charge on any atom is -0.478 e. The van der Waals surface area contributed by atoms with E-state index in [1.54, 1.807) is 0 Å². The molecular formula is C17H14ClFN2O4S. The Bertz CT molecular complexity index is 1150. The fourth-order valence-electron chi connectivity index (χ4n) is 2.66. The van der Waals surface area contributed by atoms with Gasteiger partial charge in [-0.1, -0.05) is 31.5 Å². The van der Waals surface area contributed by atoms with Crippen LogP contribution in [-0.2, 0) is 6.54 Å². The number of aromatic carboxylic acids is 1. The average Bonchev–Trinajstić information content (AvgIpc) is 2.90. The molecule has 0 bridgehead atoms. The van der Waals surface area contributed by atoms with Gasteiger partial charge in [0.2, 0.25) is 0 Å². The first-order chi connectivity index (χ1) is 12.2. The Balaban J connectivity index is 2.22. The number of aromatic nitrogens is 2. The lowest BCUT2D eigenvalue weighted by atomic mass is 10.1. The summed E-state index contributed by atoms with van der Waals surface area (Å²) < 4.78 is 14.9. The second-order valence-electron chi connectivity index (χ2n) is 6.08. The highest BCUT2D eigenvalue weighted by molar-refractivity contribution is 7.19. The van der Waals surface area contributed by atoms with E-state index in [1.807, 2.05) is 13.8 Å². The molecule has 0 spiro atoms. The lowest BCUT2D eigenvalue weighted by molar-refractivity contribution is 0.0691. The summed E-state index contributed by atoms with van der Waals surface area (Å²) in [6, 6.07) is 3.59. The number of thiophene rings is 1. The van der Waals surface area contributed by atoms with Crippen LogP contribution >= 0.6 is 22.9 Å². The van der Waals surface area contributed by atoms with Crippen LogP contribution in [0.3, 0.4) is 0 Å². The molecule has 0 atom stereocenters. The number of nitrogens with one attached hydrogen (secondary N) is 1. The average molecular weight is 397 g/mol. The number of hydrogen-bond donors (Lipinski definition) is 2. The molecule has 136 valence electrons. The highest BCUT2D eigenvalue weighted by Gasteiger charge is 2.20. The molecule has 0 radical (unpaired) electrons. The van der Waals surface area contributed by atoms with Gasteiger partial charge in [-0.05, 0) is 23.6 Å². The van der Waals surface area contributed by atoms with E-state index in [0.29, 0.717) is 15.4 Å². The molecule has 2 aromatic heterocycles. The monoisotopic (exact) mass is 396 g/mol. The van der Waals surface area contributed by atoms with E-state index >= 15 is 0 Å². The topological polar surface area (TPSA) is 92.2 Å². The molecule has 0 saturated heterocycles. The van der Waals surface area contributed by atoms with Crippen LogP contribution in [0, 0.1) is 5.82 Å². The van der Waals surface area contributed by atoms with Crippen molar-refractivity contribution in [2.45, 2.75) is 26.3 Å². The van der Waals surface area contributed by atoms with Gasteiger partial charge in [-0.15, -0.1) is 11.3 Å². The molecule has 0 aliphatic carbocycles. The largest absolute Gasteiger partial charge is 0.478 e. The normalized spacial score (nSPS) is 11.4. The zero-order valence-corrected chi connectivity index (χ0v) is 15.4. The molecule has 0 fully saturated rings. The van der Waals surface area contributed by atoms with Gasteiger partial charge in [-0.2, -0.15) is 0 Å². The second kappa shape index (κ2) is 6.69. The first-order valence-electron chi connectivity index (χ1n) is 7.67. The van der Waals surface area contributed by atoms with E-state index in [-0.39, 0.29) is 17.8 Å². The van der Waals surface area contributed by atoms with Crippen molar-refractivity contribution in [3.05, 3.63) is 65.9 Å². The lowest BCUT2D eigenvalue weighted by Crippen LogP contribution is -2.30. The Kier molecular flexibility index (Phi) is 4.72. The lowest BCUT2D eigenvalue weighted by Gasteiger charge is -2.08. The zero-order chi connectivity index (χ0) is 19.2. The third-order valence-electron chi connectivity index (χ3n) is 3.92. The van der Waals surface area contributed by atoms with Crippen molar-refractivity contribution in [1.82, 2.24) is 9.55 Å². The standard InChI is InChI=1S/C17H14ClFN2O4S/c1-7(2)13-12(18)11-14(22)20-17(25)21(15(11)26-13)6-8-3-4-10(19)9(5-8)16(23)24/h3-5,7H,6H2,1-2H3,(H,23,24)(H,20,22,25). The van der Waals surface area contributed by atoms with Crippen molar-refractivity contribution in [2.24, 2.45) is 0 Å². The fraction of sp³-hybridized carbons (Fsp3) is 0.235. The predicted molar refractivity (Wildman–Crippen MR) is 98.3 cm³/mol. The van der Waals surface area contributed by atoms with Gasteiger partial charge in [0.15, 0.2) is 0 Å². The van der Waals surface area contributed by atoms with E-state index < -0.39 is 28.6 Å². The minimum atomic E-state index is -1.40. The summed E-state index contributed by atoms with van der Waals surface area (Å²) in [6.45, 7) is 3.82. The Morgan fingerprint density at radius 2 is 2.08 bits per heavy atom. The van der Waals surface area contributed by atoms with Gasteiger partial charge in [-0.25, -0.2) is 14.0 Å². The summed E-state index contributed by atoms with van der Waals surface area (Å²) >= 11 is 7.56. The number of H-pyrrole nitrogens is 1. The van der Waals surface area contributed by atoms with Crippen LogP contribution < -0.4 is 11.2 Å². The number of carboxylic acids is 1. The third-order valence-corrected chi connectivity index (χ3v) is 5.94. The number of carbonyl (C=O) groups is 1. The molecule has 0 aliphatic rings. The number of hydrogen-bond acceptors (Lipinski definition) is 4. The maximum Gasteiger partial charge on any atom is 0.338 e. The highest BCUT2D eigenvalue weighted by atomic mass is 35.5. The Hall–Kier alpha value is -2.45. The predicted octanol–water partition coefficient (Wildman–Crippen LogP) is 3.41. The number of rotatable bonds is 4. The maximum atomic E-state index is 13.6. The second-order valence-corrected chi connectivity index (χ2v) is 7.49. The summed E-state index contributed by atoms with van der Waals surface area (Å²) in [5.74, 6) is -2.20.